The summed E-state index contributed by atoms with van der Waals surface area (Å²) in [5.41, 5.74) is 8.01. The highest BCUT2D eigenvalue weighted by molar-refractivity contribution is 5.94. The Labute approximate surface area is 148 Å². The first-order chi connectivity index (χ1) is 12.1. The Kier molecular flexibility index (Phi) is 7.01. The van der Waals surface area contributed by atoms with Gasteiger partial charge in [0.25, 0.3) is 5.91 Å². The van der Waals surface area contributed by atoms with E-state index in [0.29, 0.717) is 17.7 Å². The maximum Gasteiger partial charge on any atom is 0.251 e. The van der Waals surface area contributed by atoms with Crippen molar-refractivity contribution in [2.75, 3.05) is 5.73 Å². The lowest BCUT2D eigenvalue weighted by Gasteiger charge is -2.23. The molecule has 0 radical (unpaired) electrons. The van der Waals surface area contributed by atoms with Crippen molar-refractivity contribution in [3.63, 3.8) is 0 Å². The van der Waals surface area contributed by atoms with Gasteiger partial charge < -0.3 is 16.4 Å². The van der Waals surface area contributed by atoms with Gasteiger partial charge >= 0.3 is 0 Å². The second-order valence-corrected chi connectivity index (χ2v) is 6.11. The molecule has 0 aliphatic heterocycles. The van der Waals surface area contributed by atoms with Gasteiger partial charge in [-0.2, -0.15) is 0 Å². The van der Waals surface area contributed by atoms with E-state index in [-0.39, 0.29) is 18.0 Å². The Hall–Kier alpha value is -2.82. The summed E-state index contributed by atoms with van der Waals surface area (Å²) in [5, 5.41) is 5.91. The molecule has 0 bridgehead atoms. The molecule has 2 rings (SSSR count). The highest BCUT2D eigenvalue weighted by Crippen LogP contribution is 2.11. The van der Waals surface area contributed by atoms with E-state index in [2.05, 4.69) is 10.6 Å². The van der Waals surface area contributed by atoms with E-state index in [1.54, 1.807) is 24.3 Å². The number of anilines is 1. The monoisotopic (exact) mass is 339 g/mol. The maximum absolute atomic E-state index is 12.4. The van der Waals surface area contributed by atoms with Gasteiger partial charge in [-0.25, -0.2) is 0 Å². The summed E-state index contributed by atoms with van der Waals surface area (Å²) in [4.78, 5) is 23.3. The summed E-state index contributed by atoms with van der Waals surface area (Å²) in [6.07, 6.45) is 2.91. The zero-order chi connectivity index (χ0) is 18.1. The van der Waals surface area contributed by atoms with Crippen LogP contribution in [0.3, 0.4) is 0 Å². The van der Waals surface area contributed by atoms with E-state index in [1.807, 2.05) is 37.3 Å². The molecule has 2 amide bonds. The second kappa shape index (κ2) is 9.47. The number of carbonyl (C=O) groups is 2. The largest absolute Gasteiger partial charge is 0.399 e. The highest BCUT2D eigenvalue weighted by atomic mass is 16.1. The van der Waals surface area contributed by atoms with Gasteiger partial charge in [0.05, 0.1) is 0 Å². The SMILES string of the molecule is CCC(CC(Cc1ccccc1)NC=O)NC(=O)c1ccc(N)cc1. The van der Waals surface area contributed by atoms with Crippen molar-refractivity contribution < 1.29 is 9.59 Å². The van der Waals surface area contributed by atoms with Crippen LogP contribution < -0.4 is 16.4 Å². The van der Waals surface area contributed by atoms with Crippen molar-refractivity contribution in [1.29, 1.82) is 0 Å². The minimum atomic E-state index is -0.128. The molecule has 2 atom stereocenters. The molecule has 0 aliphatic carbocycles. The number of carbonyl (C=O) groups excluding carboxylic acids is 2. The molecular formula is C20H25N3O2. The van der Waals surface area contributed by atoms with Crippen LogP contribution in [0.2, 0.25) is 0 Å². The number of nitrogens with one attached hydrogen (secondary N) is 2. The van der Waals surface area contributed by atoms with E-state index in [1.165, 1.54) is 0 Å². The number of nitrogens with two attached hydrogens (primary N) is 1. The molecule has 0 spiro atoms. The molecule has 0 saturated carbocycles. The summed E-state index contributed by atoms with van der Waals surface area (Å²) < 4.78 is 0. The Bertz CT molecular complexity index is 671. The smallest absolute Gasteiger partial charge is 0.251 e. The molecular weight excluding hydrogens is 314 g/mol. The van der Waals surface area contributed by atoms with Crippen LogP contribution in [0, 0.1) is 0 Å². The second-order valence-electron chi connectivity index (χ2n) is 6.11. The van der Waals surface area contributed by atoms with E-state index in [0.717, 1.165) is 24.8 Å². The standard InChI is InChI=1S/C20H25N3O2/c1-2-18(23-20(25)16-8-10-17(21)11-9-16)13-19(22-14-24)12-15-6-4-3-5-7-15/h3-11,14,18-19H,2,12-13,21H2,1H3,(H,22,24)(H,23,25). The fourth-order valence-electron chi connectivity index (χ4n) is 2.78. The fraction of sp³-hybridized carbons (Fsp3) is 0.300. The zero-order valence-corrected chi connectivity index (χ0v) is 14.4. The van der Waals surface area contributed by atoms with Crippen molar-refractivity contribution >= 4 is 18.0 Å². The predicted molar refractivity (Wildman–Crippen MR) is 100 cm³/mol. The lowest BCUT2D eigenvalue weighted by atomic mass is 9.98. The first kappa shape index (κ1) is 18.5. The molecule has 132 valence electrons. The van der Waals surface area contributed by atoms with Crippen LogP contribution in [-0.4, -0.2) is 24.4 Å². The summed E-state index contributed by atoms with van der Waals surface area (Å²) in [6.45, 7) is 2.02. The Balaban J connectivity index is 1.98. The molecule has 0 fully saturated rings. The van der Waals surface area contributed by atoms with Crippen LogP contribution in [0.5, 0.6) is 0 Å². The molecule has 0 aromatic heterocycles. The van der Waals surface area contributed by atoms with E-state index in [4.69, 9.17) is 5.73 Å². The van der Waals surface area contributed by atoms with Gasteiger partial charge in [-0.1, -0.05) is 37.3 Å². The average molecular weight is 339 g/mol. The zero-order valence-electron chi connectivity index (χ0n) is 14.4. The van der Waals surface area contributed by atoms with Crippen LogP contribution in [-0.2, 0) is 11.2 Å². The summed E-state index contributed by atoms with van der Waals surface area (Å²) >= 11 is 0. The minimum Gasteiger partial charge on any atom is -0.399 e. The molecule has 2 aromatic carbocycles. The molecule has 0 heterocycles. The van der Waals surface area contributed by atoms with Crippen LogP contribution in [0.25, 0.3) is 0 Å². The van der Waals surface area contributed by atoms with Gasteiger partial charge in [-0.05, 0) is 49.1 Å². The van der Waals surface area contributed by atoms with Gasteiger partial charge in [0.2, 0.25) is 6.41 Å². The molecule has 2 unspecified atom stereocenters. The molecule has 4 N–H and O–H groups in total. The quantitative estimate of drug-likeness (QED) is 0.485. The van der Waals surface area contributed by atoms with Crippen molar-refractivity contribution in [2.24, 2.45) is 0 Å². The van der Waals surface area contributed by atoms with E-state index in [9.17, 15) is 9.59 Å². The highest BCUT2D eigenvalue weighted by Gasteiger charge is 2.18. The fourth-order valence-corrected chi connectivity index (χ4v) is 2.78. The first-order valence-electron chi connectivity index (χ1n) is 8.52. The van der Waals surface area contributed by atoms with Crippen molar-refractivity contribution in [1.82, 2.24) is 10.6 Å². The van der Waals surface area contributed by atoms with Crippen molar-refractivity contribution in [2.45, 2.75) is 38.3 Å². The number of hydrogen-bond donors (Lipinski definition) is 3. The van der Waals surface area contributed by atoms with Crippen LogP contribution in [0.1, 0.15) is 35.7 Å². The Morgan fingerprint density at radius 3 is 2.36 bits per heavy atom. The third-order valence-electron chi connectivity index (χ3n) is 4.20. The van der Waals surface area contributed by atoms with E-state index >= 15 is 0 Å². The van der Waals surface area contributed by atoms with Gasteiger partial charge in [0.1, 0.15) is 0 Å². The van der Waals surface area contributed by atoms with E-state index < -0.39 is 0 Å². The molecule has 5 nitrogen and oxygen atoms in total. The van der Waals surface area contributed by atoms with Crippen LogP contribution in [0.15, 0.2) is 54.6 Å². The molecule has 0 aliphatic rings. The lowest BCUT2D eigenvalue weighted by molar-refractivity contribution is -0.110. The summed E-state index contributed by atoms with van der Waals surface area (Å²) in [5.74, 6) is -0.128. The van der Waals surface area contributed by atoms with Gasteiger partial charge in [0, 0.05) is 23.3 Å². The molecule has 2 aromatic rings. The van der Waals surface area contributed by atoms with Crippen LogP contribution in [0.4, 0.5) is 5.69 Å². The third kappa shape index (κ3) is 5.95. The lowest BCUT2D eigenvalue weighted by Crippen LogP contribution is -2.41. The first-order valence-corrected chi connectivity index (χ1v) is 8.52. The maximum atomic E-state index is 12.4. The molecule has 5 heteroatoms. The molecule has 0 saturated heterocycles. The van der Waals surface area contributed by atoms with Gasteiger partial charge in [0.15, 0.2) is 0 Å². The third-order valence-corrected chi connectivity index (χ3v) is 4.20. The van der Waals surface area contributed by atoms with Crippen molar-refractivity contribution in [3.05, 3.63) is 65.7 Å². The van der Waals surface area contributed by atoms with Gasteiger partial charge in [-0.3, -0.25) is 9.59 Å². The summed E-state index contributed by atoms with van der Waals surface area (Å²) in [7, 11) is 0. The average Bonchev–Trinajstić information content (AvgIpc) is 2.62. The number of nitrogen functional groups attached to an aromatic ring is 1. The minimum absolute atomic E-state index is 0.0220. The topological polar surface area (TPSA) is 84.2 Å². The number of benzene rings is 2. The molecule has 25 heavy (non-hydrogen) atoms. The van der Waals surface area contributed by atoms with Gasteiger partial charge in [-0.15, -0.1) is 0 Å². The predicted octanol–water partition coefficient (Wildman–Crippen LogP) is 2.52. The van der Waals surface area contributed by atoms with Crippen LogP contribution >= 0.6 is 0 Å². The number of hydrogen-bond acceptors (Lipinski definition) is 3. The number of amides is 2. The summed E-state index contributed by atoms with van der Waals surface area (Å²) in [6, 6.07) is 16.8. The Morgan fingerprint density at radius 1 is 1.08 bits per heavy atom. The van der Waals surface area contributed by atoms with Crippen molar-refractivity contribution in [3.8, 4) is 0 Å². The normalized spacial score (nSPS) is 12.8. The Morgan fingerprint density at radius 2 is 1.76 bits per heavy atom. The number of rotatable bonds is 9.